The fourth-order valence-electron chi connectivity index (χ4n) is 3.45. The lowest BCUT2D eigenvalue weighted by molar-refractivity contribution is -0.145. The van der Waals surface area contributed by atoms with E-state index in [1.54, 1.807) is 25.1 Å². The highest BCUT2D eigenvalue weighted by molar-refractivity contribution is 7.80. The summed E-state index contributed by atoms with van der Waals surface area (Å²) < 4.78 is 62.4. The first-order valence-electron chi connectivity index (χ1n) is 9.73. The molecule has 2 aromatic rings. The Kier molecular flexibility index (Phi) is 7.25. The molecule has 0 spiro atoms. The Labute approximate surface area is 188 Å². The Morgan fingerprint density at radius 3 is 2.53 bits per heavy atom. The summed E-state index contributed by atoms with van der Waals surface area (Å²) in [6, 6.07) is 8.24. The maximum Gasteiger partial charge on any atom is 0.416 e. The Balaban J connectivity index is 2.17. The van der Waals surface area contributed by atoms with Gasteiger partial charge in [0.05, 0.1) is 32.8 Å². The second kappa shape index (κ2) is 9.74. The number of anilines is 1. The summed E-state index contributed by atoms with van der Waals surface area (Å²) in [5.41, 5.74) is 0.111. The first-order valence-corrected chi connectivity index (χ1v) is 10.1. The van der Waals surface area contributed by atoms with Crippen LogP contribution in [0.4, 0.5) is 18.9 Å². The van der Waals surface area contributed by atoms with E-state index in [-0.39, 0.29) is 23.6 Å². The fourth-order valence-corrected chi connectivity index (χ4v) is 3.70. The largest absolute Gasteiger partial charge is 0.493 e. The molecule has 1 N–H and O–H groups in total. The number of ether oxygens (including phenoxy) is 4. The molecule has 10 heteroatoms. The van der Waals surface area contributed by atoms with Crippen molar-refractivity contribution in [2.45, 2.75) is 31.7 Å². The number of carbonyl (C=O) groups is 1. The van der Waals surface area contributed by atoms with Gasteiger partial charge < -0.3 is 24.3 Å². The van der Waals surface area contributed by atoms with E-state index in [0.29, 0.717) is 22.7 Å². The van der Waals surface area contributed by atoms with Crippen LogP contribution in [0.25, 0.3) is 0 Å². The fraction of sp³-hybridized carbons (Fsp3) is 0.364. The van der Waals surface area contributed by atoms with Gasteiger partial charge in [-0.15, -0.1) is 0 Å². The Bertz CT molecular complexity index is 1010. The molecule has 2 aromatic carbocycles. The predicted molar refractivity (Wildman–Crippen MR) is 115 cm³/mol. The molecule has 0 saturated heterocycles. The molecule has 32 heavy (non-hydrogen) atoms. The van der Waals surface area contributed by atoms with E-state index in [1.807, 2.05) is 0 Å². The summed E-state index contributed by atoms with van der Waals surface area (Å²) in [5, 5.41) is 2.92. The minimum atomic E-state index is -4.56. The van der Waals surface area contributed by atoms with Crippen molar-refractivity contribution >= 4 is 28.9 Å². The van der Waals surface area contributed by atoms with Crippen LogP contribution in [-0.4, -0.2) is 37.9 Å². The summed E-state index contributed by atoms with van der Waals surface area (Å²) in [4.78, 5) is 12.3. The molecule has 1 aliphatic heterocycles. The molecule has 0 aliphatic carbocycles. The number of esters is 1. The minimum absolute atomic E-state index is 0.156. The highest BCUT2D eigenvalue weighted by Gasteiger charge is 2.37. The summed E-state index contributed by atoms with van der Waals surface area (Å²) in [6.45, 7) is 1.84. The van der Waals surface area contributed by atoms with Crippen molar-refractivity contribution in [2.24, 2.45) is 0 Å². The molecular formula is C22H22F3NO5S. The van der Waals surface area contributed by atoms with E-state index < -0.39 is 29.9 Å². The van der Waals surface area contributed by atoms with Crippen LogP contribution >= 0.6 is 12.2 Å². The van der Waals surface area contributed by atoms with Gasteiger partial charge >= 0.3 is 12.1 Å². The first kappa shape index (κ1) is 23.8. The lowest BCUT2D eigenvalue weighted by atomic mass is 9.96. The second-order valence-electron chi connectivity index (χ2n) is 6.89. The average Bonchev–Trinajstić information content (AvgIpc) is 2.88. The molecule has 3 rings (SSSR count). The van der Waals surface area contributed by atoms with Crippen molar-refractivity contribution in [2.75, 3.05) is 26.1 Å². The number of methoxy groups -OCH3 is 2. The lowest BCUT2D eigenvalue weighted by Gasteiger charge is -2.25. The lowest BCUT2D eigenvalue weighted by Crippen LogP contribution is -2.31. The van der Waals surface area contributed by atoms with Crippen LogP contribution in [0.5, 0.6) is 11.5 Å². The third-order valence-electron chi connectivity index (χ3n) is 4.89. The van der Waals surface area contributed by atoms with Crippen molar-refractivity contribution in [3.05, 3.63) is 53.1 Å². The molecule has 0 radical (unpaired) electrons. The van der Waals surface area contributed by atoms with Gasteiger partial charge in [0.2, 0.25) is 0 Å². The molecule has 6 nitrogen and oxygen atoms in total. The quantitative estimate of drug-likeness (QED) is 0.477. The van der Waals surface area contributed by atoms with Gasteiger partial charge in [-0.2, -0.15) is 13.2 Å². The van der Waals surface area contributed by atoms with E-state index in [0.717, 1.165) is 12.1 Å². The third-order valence-corrected chi connectivity index (χ3v) is 5.25. The van der Waals surface area contributed by atoms with Gasteiger partial charge in [0.1, 0.15) is 17.2 Å². The van der Waals surface area contributed by atoms with E-state index in [1.165, 1.54) is 20.3 Å². The molecule has 1 heterocycles. The first-order chi connectivity index (χ1) is 15.2. The average molecular weight is 469 g/mol. The number of hydrogen-bond donors (Lipinski definition) is 1. The maximum atomic E-state index is 13.5. The number of hydrogen-bond acceptors (Lipinski definition) is 6. The molecule has 2 unspecified atom stereocenters. The third kappa shape index (κ3) is 4.97. The summed E-state index contributed by atoms with van der Waals surface area (Å²) >= 11 is 5.39. The zero-order valence-corrected chi connectivity index (χ0v) is 18.4. The number of para-hydroxylation sites is 1. The molecule has 2 atom stereocenters. The Hall–Kier alpha value is -2.85. The minimum Gasteiger partial charge on any atom is -0.493 e. The van der Waals surface area contributed by atoms with Gasteiger partial charge in [0.15, 0.2) is 11.5 Å². The SMILES string of the molecule is CCOC(=O)CC1OC(c2cccc(OC)c2OC)c2cc(C(F)(F)F)ccc2NC1=S. The van der Waals surface area contributed by atoms with Crippen LogP contribution < -0.4 is 14.8 Å². The summed E-state index contributed by atoms with van der Waals surface area (Å²) in [7, 11) is 2.87. The van der Waals surface area contributed by atoms with Crippen molar-refractivity contribution in [1.29, 1.82) is 0 Å². The number of rotatable bonds is 6. The molecule has 172 valence electrons. The zero-order valence-electron chi connectivity index (χ0n) is 17.6. The van der Waals surface area contributed by atoms with Crippen molar-refractivity contribution in [1.82, 2.24) is 0 Å². The molecular weight excluding hydrogens is 447 g/mol. The van der Waals surface area contributed by atoms with Crippen molar-refractivity contribution in [3.63, 3.8) is 0 Å². The molecule has 0 bridgehead atoms. The predicted octanol–water partition coefficient (Wildman–Crippen LogP) is 4.90. The summed E-state index contributed by atoms with van der Waals surface area (Å²) in [5.74, 6) is 0.134. The Morgan fingerprint density at radius 1 is 1.16 bits per heavy atom. The smallest absolute Gasteiger partial charge is 0.416 e. The molecule has 0 saturated carbocycles. The van der Waals surface area contributed by atoms with Gasteiger partial charge in [0.25, 0.3) is 0 Å². The molecule has 0 aromatic heterocycles. The van der Waals surface area contributed by atoms with Crippen molar-refractivity contribution < 1.29 is 36.9 Å². The van der Waals surface area contributed by atoms with Gasteiger partial charge in [-0.25, -0.2) is 0 Å². The van der Waals surface area contributed by atoms with Crippen LogP contribution in [0, 0.1) is 0 Å². The molecule has 0 amide bonds. The monoisotopic (exact) mass is 469 g/mol. The van der Waals surface area contributed by atoms with Gasteiger partial charge in [-0.05, 0) is 31.2 Å². The van der Waals surface area contributed by atoms with Crippen LogP contribution in [0.2, 0.25) is 0 Å². The number of thiocarbonyl (C=S) groups is 1. The normalized spacial score (nSPS) is 18.2. The number of nitrogens with one attached hydrogen (secondary N) is 1. The van der Waals surface area contributed by atoms with E-state index in [2.05, 4.69) is 5.32 Å². The van der Waals surface area contributed by atoms with Crippen LogP contribution in [0.15, 0.2) is 36.4 Å². The van der Waals surface area contributed by atoms with Crippen LogP contribution in [-0.2, 0) is 20.4 Å². The second-order valence-corrected chi connectivity index (χ2v) is 7.33. The number of halogens is 3. The highest BCUT2D eigenvalue weighted by Crippen LogP contribution is 2.44. The molecule has 0 fully saturated rings. The Morgan fingerprint density at radius 2 is 1.91 bits per heavy atom. The summed E-state index contributed by atoms with van der Waals surface area (Å²) in [6.07, 6.45) is -6.74. The molecule has 1 aliphatic rings. The maximum absolute atomic E-state index is 13.5. The van der Waals surface area contributed by atoms with Gasteiger partial charge in [0, 0.05) is 16.8 Å². The van der Waals surface area contributed by atoms with Crippen molar-refractivity contribution in [3.8, 4) is 11.5 Å². The van der Waals surface area contributed by atoms with E-state index >= 15 is 0 Å². The van der Waals surface area contributed by atoms with E-state index in [4.69, 9.17) is 31.2 Å². The zero-order chi connectivity index (χ0) is 23.5. The van der Waals surface area contributed by atoms with Gasteiger partial charge in [-0.3, -0.25) is 4.79 Å². The standard InChI is InChI=1S/C22H22F3NO5S/c1-4-30-18(27)11-17-21(32)26-15-9-8-12(22(23,24)25)10-14(15)19(31-17)13-6-5-7-16(28-2)20(13)29-3/h5-10,17,19H,4,11H2,1-3H3,(H,26,32). The number of benzene rings is 2. The topological polar surface area (TPSA) is 66.0 Å². The number of carbonyl (C=O) groups excluding carboxylic acids is 1. The van der Waals surface area contributed by atoms with E-state index in [9.17, 15) is 18.0 Å². The number of alkyl halides is 3. The van der Waals surface area contributed by atoms with Crippen LogP contribution in [0.3, 0.4) is 0 Å². The van der Waals surface area contributed by atoms with Gasteiger partial charge in [-0.1, -0.05) is 24.4 Å². The number of fused-ring (bicyclic) bond motifs is 1. The van der Waals surface area contributed by atoms with Crippen LogP contribution in [0.1, 0.15) is 36.1 Å². The highest BCUT2D eigenvalue weighted by atomic mass is 32.1.